The molecule has 0 radical (unpaired) electrons. The van der Waals surface area contributed by atoms with Gasteiger partial charge >= 0.3 is 5.97 Å². The summed E-state index contributed by atoms with van der Waals surface area (Å²) in [5, 5.41) is 15.7. The largest absolute Gasteiger partial charge is 0.477 e. The van der Waals surface area contributed by atoms with Crippen LogP contribution in [-0.2, 0) is 0 Å². The van der Waals surface area contributed by atoms with Gasteiger partial charge in [0.05, 0.1) is 0 Å². The van der Waals surface area contributed by atoms with Crippen molar-refractivity contribution in [2.45, 2.75) is 25.3 Å². The van der Waals surface area contributed by atoms with Crippen LogP contribution in [0.25, 0.3) is 0 Å². The third-order valence-corrected chi connectivity index (χ3v) is 2.67. The predicted molar refractivity (Wildman–Crippen MR) is 58.7 cm³/mol. The molecule has 1 aromatic heterocycles. The van der Waals surface area contributed by atoms with Crippen molar-refractivity contribution < 1.29 is 15.0 Å². The molecule has 5 nitrogen and oxygen atoms in total. The van der Waals surface area contributed by atoms with Gasteiger partial charge in [-0.1, -0.05) is 0 Å². The normalized spacial score (nSPS) is 14.6. The molecule has 0 unspecified atom stereocenters. The first-order valence-electron chi connectivity index (χ1n) is 5.09. The average Bonchev–Trinajstić information content (AvgIpc) is 2.21. The third-order valence-electron chi connectivity index (χ3n) is 2.67. The summed E-state index contributed by atoms with van der Waals surface area (Å²) < 4.78 is 1.53. The lowest BCUT2D eigenvalue weighted by molar-refractivity contribution is 0.0693. The van der Waals surface area contributed by atoms with Crippen LogP contribution in [0.5, 0.6) is 0 Å². The van der Waals surface area contributed by atoms with Crippen molar-refractivity contribution >= 4 is 5.97 Å². The maximum Gasteiger partial charge on any atom is 0.341 e. The second-order valence-electron chi connectivity index (χ2n) is 3.52. The fourth-order valence-electron chi connectivity index (χ4n) is 1.63. The van der Waals surface area contributed by atoms with Crippen molar-refractivity contribution in [3.8, 4) is 0 Å². The SMILES string of the molecule is CO.O=C(O)c1cccn(C2CCC2)c1=O. The van der Waals surface area contributed by atoms with Crippen molar-refractivity contribution in [2.24, 2.45) is 0 Å². The van der Waals surface area contributed by atoms with Crippen LogP contribution < -0.4 is 5.56 Å². The van der Waals surface area contributed by atoms with Crippen LogP contribution in [0.3, 0.4) is 0 Å². The van der Waals surface area contributed by atoms with Crippen LogP contribution in [0.1, 0.15) is 35.7 Å². The number of aromatic carboxylic acids is 1. The molecule has 16 heavy (non-hydrogen) atoms. The summed E-state index contributed by atoms with van der Waals surface area (Å²) in [6.45, 7) is 0. The molecule has 2 rings (SSSR count). The molecule has 0 aliphatic heterocycles. The zero-order valence-electron chi connectivity index (χ0n) is 9.09. The highest BCUT2D eigenvalue weighted by molar-refractivity contribution is 5.86. The van der Waals surface area contributed by atoms with E-state index >= 15 is 0 Å². The molecule has 0 atom stereocenters. The monoisotopic (exact) mass is 225 g/mol. The van der Waals surface area contributed by atoms with Crippen LogP contribution in [0.4, 0.5) is 0 Å². The molecule has 0 spiro atoms. The zero-order chi connectivity index (χ0) is 12.1. The molecule has 1 aromatic rings. The second-order valence-corrected chi connectivity index (χ2v) is 3.52. The maximum absolute atomic E-state index is 11.6. The van der Waals surface area contributed by atoms with E-state index in [9.17, 15) is 9.59 Å². The summed E-state index contributed by atoms with van der Waals surface area (Å²) in [4.78, 5) is 22.3. The highest BCUT2D eigenvalue weighted by Crippen LogP contribution is 2.29. The van der Waals surface area contributed by atoms with E-state index in [1.165, 1.54) is 10.6 Å². The Morgan fingerprint density at radius 2 is 2.06 bits per heavy atom. The third kappa shape index (κ3) is 2.30. The van der Waals surface area contributed by atoms with Gasteiger partial charge < -0.3 is 14.8 Å². The summed E-state index contributed by atoms with van der Waals surface area (Å²) in [5.41, 5.74) is -0.524. The van der Waals surface area contributed by atoms with E-state index in [1.807, 2.05) is 0 Å². The Kier molecular flexibility index (Phi) is 4.25. The van der Waals surface area contributed by atoms with E-state index in [0.29, 0.717) is 0 Å². The van der Waals surface area contributed by atoms with E-state index in [1.54, 1.807) is 12.3 Å². The van der Waals surface area contributed by atoms with Crippen molar-refractivity contribution in [2.75, 3.05) is 7.11 Å². The number of aliphatic hydroxyl groups excluding tert-OH is 1. The molecule has 1 aliphatic rings. The Morgan fingerprint density at radius 1 is 1.44 bits per heavy atom. The lowest BCUT2D eigenvalue weighted by atomic mass is 9.92. The first kappa shape index (κ1) is 12.4. The van der Waals surface area contributed by atoms with Gasteiger partial charge in [-0.2, -0.15) is 0 Å². The quantitative estimate of drug-likeness (QED) is 0.783. The van der Waals surface area contributed by atoms with Crippen molar-refractivity contribution in [1.29, 1.82) is 0 Å². The molecular weight excluding hydrogens is 210 g/mol. The highest BCUT2D eigenvalue weighted by Gasteiger charge is 2.21. The van der Waals surface area contributed by atoms with E-state index in [0.717, 1.165) is 26.4 Å². The van der Waals surface area contributed by atoms with Gasteiger partial charge in [0.25, 0.3) is 5.56 Å². The summed E-state index contributed by atoms with van der Waals surface area (Å²) >= 11 is 0. The zero-order valence-corrected chi connectivity index (χ0v) is 9.09. The van der Waals surface area contributed by atoms with Gasteiger partial charge in [0.2, 0.25) is 0 Å². The lowest BCUT2D eigenvalue weighted by Crippen LogP contribution is -2.31. The Hall–Kier alpha value is -1.62. The molecule has 0 bridgehead atoms. The lowest BCUT2D eigenvalue weighted by Gasteiger charge is -2.27. The Balaban J connectivity index is 0.000000606. The molecule has 1 aliphatic carbocycles. The van der Waals surface area contributed by atoms with E-state index in [2.05, 4.69) is 0 Å². The fraction of sp³-hybridized carbons (Fsp3) is 0.455. The Bertz CT molecular complexity index is 420. The number of rotatable bonds is 2. The van der Waals surface area contributed by atoms with Gasteiger partial charge in [-0.05, 0) is 31.4 Å². The average molecular weight is 225 g/mol. The van der Waals surface area contributed by atoms with Crippen LogP contribution in [0, 0.1) is 0 Å². The molecule has 88 valence electrons. The van der Waals surface area contributed by atoms with Crippen molar-refractivity contribution in [1.82, 2.24) is 4.57 Å². The van der Waals surface area contributed by atoms with Crippen LogP contribution in [0.15, 0.2) is 23.1 Å². The van der Waals surface area contributed by atoms with Gasteiger partial charge in [0.1, 0.15) is 5.56 Å². The molecule has 0 aromatic carbocycles. The topological polar surface area (TPSA) is 79.5 Å². The first-order chi connectivity index (χ1) is 7.70. The van der Waals surface area contributed by atoms with Crippen molar-refractivity contribution in [3.63, 3.8) is 0 Å². The number of nitrogens with zero attached hydrogens (tertiary/aromatic N) is 1. The minimum atomic E-state index is -1.15. The fourth-order valence-corrected chi connectivity index (χ4v) is 1.63. The number of aliphatic hydroxyl groups is 1. The summed E-state index contributed by atoms with van der Waals surface area (Å²) in [6, 6.07) is 3.17. The number of carboxylic acids is 1. The van der Waals surface area contributed by atoms with Gasteiger partial charge in [0, 0.05) is 19.3 Å². The van der Waals surface area contributed by atoms with E-state index in [-0.39, 0.29) is 17.2 Å². The number of carbonyl (C=O) groups is 1. The van der Waals surface area contributed by atoms with Crippen LogP contribution in [-0.4, -0.2) is 27.9 Å². The molecular formula is C11H15NO4. The highest BCUT2D eigenvalue weighted by atomic mass is 16.4. The minimum absolute atomic E-state index is 0.139. The predicted octanol–water partition coefficient (Wildman–Crippen LogP) is 0.880. The van der Waals surface area contributed by atoms with E-state index < -0.39 is 5.97 Å². The van der Waals surface area contributed by atoms with Gasteiger partial charge in [-0.3, -0.25) is 4.79 Å². The second kappa shape index (κ2) is 5.46. The van der Waals surface area contributed by atoms with Gasteiger partial charge in [-0.25, -0.2) is 4.79 Å². The smallest absolute Gasteiger partial charge is 0.341 e. The summed E-state index contributed by atoms with van der Waals surface area (Å²) in [5.74, 6) is -1.15. The molecule has 1 fully saturated rings. The maximum atomic E-state index is 11.6. The number of hydrogen-bond acceptors (Lipinski definition) is 3. The molecule has 5 heteroatoms. The molecule has 1 heterocycles. The minimum Gasteiger partial charge on any atom is -0.477 e. The molecule has 1 saturated carbocycles. The summed E-state index contributed by atoms with van der Waals surface area (Å²) in [7, 11) is 1.00. The standard InChI is InChI=1S/C10H11NO3.CH4O/c12-9-8(10(13)14)5-2-6-11(9)7-3-1-4-7;1-2/h2,5-7H,1,3-4H2,(H,13,14);2H,1H3. The molecule has 2 N–H and O–H groups in total. The van der Waals surface area contributed by atoms with Crippen LogP contribution in [0.2, 0.25) is 0 Å². The Morgan fingerprint density at radius 3 is 2.50 bits per heavy atom. The molecule has 0 saturated heterocycles. The molecule has 0 amide bonds. The first-order valence-corrected chi connectivity index (χ1v) is 5.09. The number of carboxylic acid groups (broad SMARTS) is 1. The number of hydrogen-bond donors (Lipinski definition) is 2. The van der Waals surface area contributed by atoms with Gasteiger partial charge in [-0.15, -0.1) is 0 Å². The number of pyridine rings is 1. The summed E-state index contributed by atoms with van der Waals surface area (Å²) in [6.07, 6.45) is 4.74. The van der Waals surface area contributed by atoms with Crippen LogP contribution >= 0.6 is 0 Å². The van der Waals surface area contributed by atoms with Gasteiger partial charge in [0.15, 0.2) is 0 Å². The number of aromatic nitrogens is 1. The Labute approximate surface area is 93.0 Å². The van der Waals surface area contributed by atoms with E-state index in [4.69, 9.17) is 10.2 Å². The van der Waals surface area contributed by atoms with Crippen molar-refractivity contribution in [3.05, 3.63) is 34.2 Å².